The Morgan fingerprint density at radius 2 is 1.93 bits per heavy atom. The second kappa shape index (κ2) is 6.74. The second-order valence-electron chi connectivity index (χ2n) is 6.82. The van der Waals surface area contributed by atoms with Gasteiger partial charge >= 0.3 is 11.9 Å². The van der Waals surface area contributed by atoms with Crippen LogP contribution < -0.4 is 5.32 Å². The minimum atomic E-state index is -0.987. The average molecular weight is 384 g/mol. The van der Waals surface area contributed by atoms with E-state index >= 15 is 0 Å². The van der Waals surface area contributed by atoms with Gasteiger partial charge in [0.25, 0.3) is 0 Å². The zero-order chi connectivity index (χ0) is 19.1. The predicted molar refractivity (Wildman–Crippen MR) is 103 cm³/mol. The molecule has 0 saturated heterocycles. The van der Waals surface area contributed by atoms with Crippen LogP contribution in [-0.4, -0.2) is 24.2 Å². The number of esters is 1. The van der Waals surface area contributed by atoms with Crippen LogP contribution in [0.4, 0.5) is 5.69 Å². The van der Waals surface area contributed by atoms with E-state index in [1.54, 1.807) is 18.2 Å². The molecule has 6 heteroatoms. The molecular formula is C21H18ClNO4. The van der Waals surface area contributed by atoms with Gasteiger partial charge in [-0.05, 0) is 47.7 Å². The first-order valence-corrected chi connectivity index (χ1v) is 9.05. The summed E-state index contributed by atoms with van der Waals surface area (Å²) in [5, 5.41) is 13.2. The summed E-state index contributed by atoms with van der Waals surface area (Å²) in [6.45, 7) is 0. The summed E-state index contributed by atoms with van der Waals surface area (Å²) in [4.78, 5) is 23.1. The van der Waals surface area contributed by atoms with Crippen LogP contribution >= 0.6 is 11.6 Å². The molecule has 1 aliphatic heterocycles. The van der Waals surface area contributed by atoms with Crippen molar-refractivity contribution in [3.63, 3.8) is 0 Å². The fourth-order valence-electron chi connectivity index (χ4n) is 4.05. The lowest BCUT2D eigenvalue weighted by molar-refractivity contribution is 0.0599. The van der Waals surface area contributed by atoms with Crippen molar-refractivity contribution in [2.24, 2.45) is 5.92 Å². The molecule has 2 aromatic carbocycles. The Labute approximate surface area is 161 Å². The van der Waals surface area contributed by atoms with Gasteiger partial charge in [-0.1, -0.05) is 35.9 Å². The first-order chi connectivity index (χ1) is 13.0. The van der Waals surface area contributed by atoms with E-state index < -0.39 is 5.97 Å². The lowest BCUT2D eigenvalue weighted by atomic mass is 9.76. The van der Waals surface area contributed by atoms with Gasteiger partial charge in [-0.2, -0.15) is 0 Å². The zero-order valence-electron chi connectivity index (χ0n) is 14.6. The molecule has 0 bridgehead atoms. The number of halogens is 1. The van der Waals surface area contributed by atoms with Crippen molar-refractivity contribution >= 4 is 29.2 Å². The maximum atomic E-state index is 11.7. The summed E-state index contributed by atoms with van der Waals surface area (Å²) in [6, 6.07) is 10.5. The lowest BCUT2D eigenvalue weighted by Crippen LogP contribution is -2.29. The van der Waals surface area contributed by atoms with Gasteiger partial charge < -0.3 is 15.2 Å². The number of hydrogen-bond acceptors (Lipinski definition) is 4. The van der Waals surface area contributed by atoms with Crippen LogP contribution in [0, 0.1) is 5.92 Å². The van der Waals surface area contributed by atoms with Crippen molar-refractivity contribution in [3.8, 4) is 0 Å². The fourth-order valence-corrected chi connectivity index (χ4v) is 4.33. The van der Waals surface area contributed by atoms with E-state index in [1.165, 1.54) is 13.2 Å². The van der Waals surface area contributed by atoms with Gasteiger partial charge in [0.1, 0.15) is 0 Å². The number of carboxylic acids is 1. The maximum Gasteiger partial charge on any atom is 0.337 e. The summed E-state index contributed by atoms with van der Waals surface area (Å²) in [7, 11) is 1.36. The van der Waals surface area contributed by atoms with E-state index in [2.05, 4.69) is 17.5 Å². The van der Waals surface area contributed by atoms with E-state index in [0.717, 1.165) is 23.2 Å². The molecule has 1 heterocycles. The molecule has 138 valence electrons. The third-order valence-electron chi connectivity index (χ3n) is 5.36. The molecule has 0 spiro atoms. The molecule has 2 aliphatic rings. The van der Waals surface area contributed by atoms with Crippen LogP contribution in [-0.2, 0) is 4.74 Å². The van der Waals surface area contributed by atoms with Crippen LogP contribution in [0.15, 0.2) is 48.6 Å². The Kier molecular flexibility index (Phi) is 4.40. The third-order valence-corrected chi connectivity index (χ3v) is 5.66. The smallest absolute Gasteiger partial charge is 0.337 e. The highest BCUT2D eigenvalue weighted by atomic mass is 35.5. The quantitative estimate of drug-likeness (QED) is 0.596. The summed E-state index contributed by atoms with van der Waals surface area (Å²) in [6.07, 6.45) is 5.14. The monoisotopic (exact) mass is 383 g/mol. The Hall–Kier alpha value is -2.79. The number of aromatic carboxylic acids is 1. The minimum absolute atomic E-state index is 0.0115. The van der Waals surface area contributed by atoms with Gasteiger partial charge in [-0.25, -0.2) is 9.59 Å². The molecule has 1 aliphatic carbocycles. The highest BCUT2D eigenvalue weighted by Gasteiger charge is 2.39. The SMILES string of the molecule is COC(=O)c1ccc([C@@H]2Nc3c(Cl)cc(C(=O)O)cc3[C@H]3C=CC[C@@H]32)cc1. The van der Waals surface area contributed by atoms with Crippen molar-refractivity contribution in [3.05, 3.63) is 75.8 Å². The second-order valence-corrected chi connectivity index (χ2v) is 7.22. The van der Waals surface area contributed by atoms with E-state index in [0.29, 0.717) is 10.6 Å². The molecule has 2 N–H and O–H groups in total. The van der Waals surface area contributed by atoms with Gasteiger partial charge in [-0.3, -0.25) is 0 Å². The number of nitrogens with one attached hydrogen (secondary N) is 1. The molecule has 2 aromatic rings. The highest BCUT2D eigenvalue weighted by molar-refractivity contribution is 6.33. The predicted octanol–water partition coefficient (Wildman–Crippen LogP) is 4.65. The molecule has 0 saturated carbocycles. The average Bonchev–Trinajstić information content (AvgIpc) is 3.17. The molecular weight excluding hydrogens is 366 g/mol. The first-order valence-electron chi connectivity index (χ1n) is 8.68. The maximum absolute atomic E-state index is 11.7. The van der Waals surface area contributed by atoms with E-state index in [1.807, 2.05) is 12.1 Å². The standard InChI is InChI=1S/C21H18ClNO4/c1-27-21(26)12-7-5-11(6-8-12)18-15-4-2-3-14(15)16-9-13(20(24)25)10-17(22)19(16)23-18/h2-3,5-10,14-15,18,23H,4H2,1H3,(H,24,25)/t14-,15-,18-/m0/s1. The van der Waals surface area contributed by atoms with Gasteiger partial charge in [0.15, 0.2) is 0 Å². The number of carbonyl (C=O) groups excluding carboxylic acids is 1. The number of carboxylic acid groups (broad SMARTS) is 1. The molecule has 5 nitrogen and oxygen atoms in total. The molecule has 0 fully saturated rings. The molecule has 0 aromatic heterocycles. The largest absolute Gasteiger partial charge is 0.478 e. The Morgan fingerprint density at radius 3 is 2.59 bits per heavy atom. The van der Waals surface area contributed by atoms with E-state index in [-0.39, 0.29) is 29.4 Å². The Balaban J connectivity index is 1.74. The van der Waals surface area contributed by atoms with Crippen molar-refractivity contribution in [2.75, 3.05) is 12.4 Å². The zero-order valence-corrected chi connectivity index (χ0v) is 15.4. The number of carbonyl (C=O) groups is 2. The molecule has 4 rings (SSSR count). The number of rotatable bonds is 3. The van der Waals surface area contributed by atoms with Crippen molar-refractivity contribution < 1.29 is 19.4 Å². The first kappa shape index (κ1) is 17.6. The highest BCUT2D eigenvalue weighted by Crippen LogP contribution is 2.51. The number of anilines is 1. The molecule has 3 atom stereocenters. The van der Waals surface area contributed by atoms with Gasteiger partial charge in [-0.15, -0.1) is 0 Å². The minimum Gasteiger partial charge on any atom is -0.478 e. The van der Waals surface area contributed by atoms with Crippen molar-refractivity contribution in [2.45, 2.75) is 18.4 Å². The third kappa shape index (κ3) is 2.98. The summed E-state index contributed by atoms with van der Waals surface area (Å²) < 4.78 is 4.75. The van der Waals surface area contributed by atoms with E-state index in [9.17, 15) is 14.7 Å². The summed E-state index contributed by atoms with van der Waals surface area (Å²) in [5.41, 5.74) is 3.44. The van der Waals surface area contributed by atoms with Crippen LogP contribution in [0.3, 0.4) is 0 Å². The number of benzene rings is 2. The number of hydrogen-bond donors (Lipinski definition) is 2. The molecule has 0 unspecified atom stereocenters. The number of methoxy groups -OCH3 is 1. The van der Waals surface area contributed by atoms with Crippen LogP contribution in [0.2, 0.25) is 5.02 Å². The van der Waals surface area contributed by atoms with Gasteiger partial charge in [0.2, 0.25) is 0 Å². The van der Waals surface area contributed by atoms with Crippen molar-refractivity contribution in [1.82, 2.24) is 0 Å². The van der Waals surface area contributed by atoms with Crippen LogP contribution in [0.25, 0.3) is 0 Å². The topological polar surface area (TPSA) is 75.6 Å². The van der Waals surface area contributed by atoms with Gasteiger partial charge in [0.05, 0.1) is 35.0 Å². The van der Waals surface area contributed by atoms with Gasteiger partial charge in [0, 0.05) is 5.92 Å². The molecule has 0 amide bonds. The Morgan fingerprint density at radius 1 is 1.19 bits per heavy atom. The lowest BCUT2D eigenvalue weighted by Gasteiger charge is -2.38. The number of ether oxygens (including phenoxy) is 1. The van der Waals surface area contributed by atoms with Crippen LogP contribution in [0.1, 0.15) is 50.2 Å². The van der Waals surface area contributed by atoms with Crippen LogP contribution in [0.5, 0.6) is 0 Å². The number of allylic oxidation sites excluding steroid dienone is 2. The summed E-state index contributed by atoms with van der Waals surface area (Å²) >= 11 is 6.41. The number of fused-ring (bicyclic) bond motifs is 3. The molecule has 27 heavy (non-hydrogen) atoms. The summed E-state index contributed by atoms with van der Waals surface area (Å²) in [5.74, 6) is -1.00. The normalized spacial score (nSPS) is 22.5. The van der Waals surface area contributed by atoms with Crippen molar-refractivity contribution in [1.29, 1.82) is 0 Å². The fraction of sp³-hybridized carbons (Fsp3) is 0.238. The Bertz CT molecular complexity index is 951. The molecule has 0 radical (unpaired) electrons. The van der Waals surface area contributed by atoms with E-state index in [4.69, 9.17) is 16.3 Å².